The summed E-state index contributed by atoms with van der Waals surface area (Å²) in [5.74, 6) is -0.356. The highest BCUT2D eigenvalue weighted by Crippen LogP contribution is 2.26. The Labute approximate surface area is 170 Å². The van der Waals surface area contributed by atoms with Crippen molar-refractivity contribution in [3.8, 4) is 17.7 Å². The number of benzene rings is 1. The molecule has 1 fully saturated rings. The van der Waals surface area contributed by atoms with Gasteiger partial charge in [-0.1, -0.05) is 0 Å². The van der Waals surface area contributed by atoms with E-state index >= 15 is 0 Å². The molecular formula is C18H17F3N4O4S. The van der Waals surface area contributed by atoms with E-state index in [0.29, 0.717) is 25.7 Å². The maximum atomic E-state index is 12.5. The van der Waals surface area contributed by atoms with Crippen LogP contribution in [0.15, 0.2) is 41.6 Å². The minimum Gasteiger partial charge on any atom is -0.472 e. The van der Waals surface area contributed by atoms with Gasteiger partial charge in [-0.15, -0.1) is 13.2 Å². The van der Waals surface area contributed by atoms with Gasteiger partial charge in [0.25, 0.3) is 5.88 Å². The summed E-state index contributed by atoms with van der Waals surface area (Å²) in [6.07, 6.45) is -0.227. The zero-order chi connectivity index (χ0) is 21.8. The molecule has 12 heteroatoms. The molecule has 2 aromatic rings. The molecule has 1 aromatic heterocycles. The molecule has 0 unspecified atom stereocenters. The van der Waals surface area contributed by atoms with E-state index in [0.717, 1.165) is 24.3 Å². The second-order valence-electron chi connectivity index (χ2n) is 6.55. The number of hydrogen-bond acceptors (Lipinski definition) is 7. The predicted octanol–water partition coefficient (Wildman–Crippen LogP) is 2.92. The largest absolute Gasteiger partial charge is 0.573 e. The Kier molecular flexibility index (Phi) is 6.42. The minimum atomic E-state index is -4.85. The number of alkyl halides is 3. The van der Waals surface area contributed by atoms with Gasteiger partial charge in [-0.25, -0.2) is 23.1 Å². The SMILES string of the molecule is N#Cc1nccnc1OC1CCC(NS(=O)(=O)c2ccc(OC(F)(F)F)cc2)CC1. The first-order chi connectivity index (χ1) is 14.2. The van der Waals surface area contributed by atoms with Crippen molar-refractivity contribution >= 4 is 10.0 Å². The summed E-state index contributed by atoms with van der Waals surface area (Å²) in [5.41, 5.74) is 0.0817. The van der Waals surface area contributed by atoms with Crippen molar-refractivity contribution in [2.75, 3.05) is 0 Å². The quantitative estimate of drug-likeness (QED) is 0.732. The molecule has 1 heterocycles. The summed E-state index contributed by atoms with van der Waals surface area (Å²) in [6.45, 7) is 0. The van der Waals surface area contributed by atoms with E-state index in [-0.39, 0.29) is 28.6 Å². The summed E-state index contributed by atoms with van der Waals surface area (Å²) in [6, 6.07) is 5.54. The zero-order valence-electron chi connectivity index (χ0n) is 15.5. The monoisotopic (exact) mass is 442 g/mol. The molecule has 1 N–H and O–H groups in total. The Morgan fingerprint density at radius 2 is 1.70 bits per heavy atom. The van der Waals surface area contributed by atoms with E-state index in [1.807, 2.05) is 6.07 Å². The van der Waals surface area contributed by atoms with Crippen molar-refractivity contribution in [2.45, 2.75) is 49.1 Å². The van der Waals surface area contributed by atoms with Crippen LogP contribution in [0, 0.1) is 11.3 Å². The van der Waals surface area contributed by atoms with Gasteiger partial charge in [-0.05, 0) is 49.9 Å². The molecule has 160 valence electrons. The molecule has 0 atom stereocenters. The molecule has 1 saturated carbocycles. The Bertz CT molecular complexity index is 1010. The van der Waals surface area contributed by atoms with E-state index in [1.165, 1.54) is 12.4 Å². The van der Waals surface area contributed by atoms with Crippen molar-refractivity contribution in [1.29, 1.82) is 5.26 Å². The van der Waals surface area contributed by atoms with Crippen molar-refractivity contribution in [3.05, 3.63) is 42.4 Å². The Balaban J connectivity index is 1.55. The molecule has 1 aliphatic rings. The van der Waals surface area contributed by atoms with Crippen molar-refractivity contribution in [3.63, 3.8) is 0 Å². The molecule has 0 saturated heterocycles. The normalized spacial score (nSPS) is 19.7. The first-order valence-electron chi connectivity index (χ1n) is 8.92. The molecule has 0 amide bonds. The standard InChI is InChI=1S/C18H17F3N4O4S/c19-18(20,21)29-14-5-7-15(8-6-14)30(26,27)25-12-1-3-13(4-2-12)28-17-16(11-22)23-9-10-24-17/h5-10,12-13,25H,1-4H2. The number of halogens is 3. The average molecular weight is 442 g/mol. The Morgan fingerprint density at radius 1 is 1.07 bits per heavy atom. The lowest BCUT2D eigenvalue weighted by Crippen LogP contribution is -2.39. The highest BCUT2D eigenvalue weighted by atomic mass is 32.2. The molecule has 30 heavy (non-hydrogen) atoms. The van der Waals surface area contributed by atoms with Crippen LogP contribution in [0.3, 0.4) is 0 Å². The van der Waals surface area contributed by atoms with Gasteiger partial charge in [-0.3, -0.25) is 0 Å². The molecule has 0 spiro atoms. The van der Waals surface area contributed by atoms with Crippen LogP contribution in [0.5, 0.6) is 11.6 Å². The number of hydrogen-bond donors (Lipinski definition) is 1. The summed E-state index contributed by atoms with van der Waals surface area (Å²) >= 11 is 0. The fourth-order valence-corrected chi connectivity index (χ4v) is 4.36. The number of nitrogens with one attached hydrogen (secondary N) is 1. The minimum absolute atomic E-state index is 0.0817. The van der Waals surface area contributed by atoms with Gasteiger partial charge >= 0.3 is 6.36 Å². The lowest BCUT2D eigenvalue weighted by Gasteiger charge is -2.29. The molecule has 0 bridgehead atoms. The van der Waals surface area contributed by atoms with Gasteiger partial charge < -0.3 is 9.47 Å². The Hall–Kier alpha value is -2.91. The average Bonchev–Trinajstić information content (AvgIpc) is 2.69. The van der Waals surface area contributed by atoms with Crippen LogP contribution in [0.25, 0.3) is 0 Å². The number of rotatable bonds is 6. The molecular weight excluding hydrogens is 425 g/mol. The third-order valence-electron chi connectivity index (χ3n) is 4.41. The van der Waals surface area contributed by atoms with Crippen LogP contribution in [0.1, 0.15) is 31.4 Å². The molecule has 8 nitrogen and oxygen atoms in total. The van der Waals surface area contributed by atoms with Crippen molar-refractivity contribution < 1.29 is 31.1 Å². The number of sulfonamides is 1. The lowest BCUT2D eigenvalue weighted by atomic mass is 9.94. The van der Waals surface area contributed by atoms with Gasteiger partial charge in [0.15, 0.2) is 0 Å². The topological polar surface area (TPSA) is 114 Å². The highest BCUT2D eigenvalue weighted by molar-refractivity contribution is 7.89. The van der Waals surface area contributed by atoms with Gasteiger partial charge in [0.1, 0.15) is 17.9 Å². The first-order valence-corrected chi connectivity index (χ1v) is 10.4. The third kappa shape index (κ3) is 5.80. The smallest absolute Gasteiger partial charge is 0.472 e. The van der Waals surface area contributed by atoms with E-state index < -0.39 is 22.1 Å². The van der Waals surface area contributed by atoms with Crippen LogP contribution in [-0.2, 0) is 10.0 Å². The number of ether oxygens (including phenoxy) is 2. The highest BCUT2D eigenvalue weighted by Gasteiger charge is 2.31. The van der Waals surface area contributed by atoms with Gasteiger partial charge in [0.2, 0.25) is 15.7 Å². The summed E-state index contributed by atoms with van der Waals surface area (Å²) in [7, 11) is -3.90. The van der Waals surface area contributed by atoms with Crippen molar-refractivity contribution in [1.82, 2.24) is 14.7 Å². The van der Waals surface area contributed by atoms with E-state index in [1.54, 1.807) is 0 Å². The van der Waals surface area contributed by atoms with E-state index in [2.05, 4.69) is 19.4 Å². The predicted molar refractivity (Wildman–Crippen MR) is 96.9 cm³/mol. The van der Waals surface area contributed by atoms with Crippen LogP contribution in [0.2, 0.25) is 0 Å². The van der Waals surface area contributed by atoms with E-state index in [4.69, 9.17) is 10.00 Å². The fraction of sp³-hybridized carbons (Fsp3) is 0.389. The number of nitriles is 1. The molecule has 1 aliphatic carbocycles. The second-order valence-corrected chi connectivity index (χ2v) is 8.27. The maximum absolute atomic E-state index is 12.5. The van der Waals surface area contributed by atoms with Gasteiger partial charge in [0, 0.05) is 18.4 Å². The zero-order valence-corrected chi connectivity index (χ0v) is 16.3. The fourth-order valence-electron chi connectivity index (χ4n) is 3.05. The van der Waals surface area contributed by atoms with Gasteiger partial charge in [-0.2, -0.15) is 5.26 Å². The third-order valence-corrected chi connectivity index (χ3v) is 5.95. The lowest BCUT2D eigenvalue weighted by molar-refractivity contribution is -0.274. The molecule has 0 radical (unpaired) electrons. The number of nitrogens with zero attached hydrogens (tertiary/aromatic N) is 3. The number of aromatic nitrogens is 2. The molecule has 3 rings (SSSR count). The van der Waals surface area contributed by atoms with Crippen LogP contribution < -0.4 is 14.2 Å². The van der Waals surface area contributed by atoms with Gasteiger partial charge in [0.05, 0.1) is 4.90 Å². The summed E-state index contributed by atoms with van der Waals surface area (Å²) < 4.78 is 73.6. The summed E-state index contributed by atoms with van der Waals surface area (Å²) in [4.78, 5) is 7.71. The van der Waals surface area contributed by atoms with Crippen LogP contribution in [-0.4, -0.2) is 36.9 Å². The van der Waals surface area contributed by atoms with E-state index in [9.17, 15) is 21.6 Å². The summed E-state index contributed by atoms with van der Waals surface area (Å²) in [5, 5.41) is 9.03. The maximum Gasteiger partial charge on any atom is 0.573 e. The second kappa shape index (κ2) is 8.85. The molecule has 1 aromatic carbocycles. The Morgan fingerprint density at radius 3 is 2.30 bits per heavy atom. The first kappa shape index (κ1) is 21.8. The van der Waals surface area contributed by atoms with Crippen LogP contribution >= 0.6 is 0 Å². The molecule has 0 aliphatic heterocycles. The van der Waals surface area contributed by atoms with Crippen LogP contribution in [0.4, 0.5) is 13.2 Å². The van der Waals surface area contributed by atoms with Crippen molar-refractivity contribution in [2.24, 2.45) is 0 Å².